The first-order valence-corrected chi connectivity index (χ1v) is 8.93. The average molecular weight is 365 g/mol. The van der Waals surface area contributed by atoms with Gasteiger partial charge >= 0.3 is 0 Å². The molecule has 5 nitrogen and oxygen atoms in total. The fourth-order valence-corrected chi connectivity index (χ4v) is 4.09. The van der Waals surface area contributed by atoms with E-state index in [0.717, 1.165) is 28.8 Å². The van der Waals surface area contributed by atoms with Crippen molar-refractivity contribution in [2.75, 3.05) is 18.5 Å². The third kappa shape index (κ3) is 2.25. The van der Waals surface area contributed by atoms with Crippen molar-refractivity contribution < 1.29 is 9.59 Å². The molecule has 1 atom stereocenters. The highest BCUT2D eigenvalue weighted by Gasteiger charge is 2.51. The number of rotatable bonds is 2. The first-order valence-electron chi connectivity index (χ1n) is 8.52. The second kappa shape index (κ2) is 5.92. The van der Waals surface area contributed by atoms with Gasteiger partial charge < -0.3 is 10.2 Å². The van der Waals surface area contributed by atoms with Gasteiger partial charge in [0.05, 0.1) is 0 Å². The van der Waals surface area contributed by atoms with Gasteiger partial charge in [-0.15, -0.1) is 0 Å². The Morgan fingerprint density at radius 3 is 2.50 bits per heavy atom. The number of anilines is 1. The molecule has 132 valence electrons. The lowest BCUT2D eigenvalue weighted by atomic mass is 9.82. The predicted molar refractivity (Wildman–Crippen MR) is 104 cm³/mol. The quantitative estimate of drug-likeness (QED) is 0.829. The summed E-state index contributed by atoms with van der Waals surface area (Å²) in [6.07, 6.45) is 0.780. The molecule has 2 amide bonds. The number of nitrogens with one attached hydrogen (secondary N) is 1. The third-order valence-corrected chi connectivity index (χ3v) is 5.60. The smallest absolute Gasteiger partial charge is 0.263 e. The van der Waals surface area contributed by atoms with Crippen LogP contribution < -0.4 is 10.2 Å². The van der Waals surface area contributed by atoms with Crippen molar-refractivity contribution in [3.05, 3.63) is 65.2 Å². The average Bonchev–Trinajstić information content (AvgIpc) is 3.17. The largest absolute Gasteiger partial charge is 0.341 e. The molecule has 2 aromatic carbocycles. The molecule has 1 unspecified atom stereocenters. The molecule has 6 heteroatoms. The minimum absolute atomic E-state index is 0.0326. The Hall–Kier alpha value is -2.73. The molecule has 1 N–H and O–H groups in total. The van der Waals surface area contributed by atoms with Crippen molar-refractivity contribution in [2.24, 2.45) is 0 Å². The summed E-state index contributed by atoms with van der Waals surface area (Å²) in [5.41, 5.74) is 2.64. The number of hydrogen-bond acceptors (Lipinski definition) is 3. The normalized spacial score (nSPS) is 21.8. The van der Waals surface area contributed by atoms with Gasteiger partial charge in [0.25, 0.3) is 5.91 Å². The van der Waals surface area contributed by atoms with E-state index in [-0.39, 0.29) is 11.8 Å². The Balaban J connectivity index is 1.89. The zero-order valence-corrected chi connectivity index (χ0v) is 15.5. The molecule has 0 aromatic heterocycles. The van der Waals surface area contributed by atoms with Crippen molar-refractivity contribution in [1.29, 1.82) is 0 Å². The number of amides is 2. The van der Waals surface area contributed by atoms with E-state index in [1.807, 2.05) is 48.5 Å². The molecule has 26 heavy (non-hydrogen) atoms. The van der Waals surface area contributed by atoms with E-state index >= 15 is 0 Å². The minimum Gasteiger partial charge on any atom is -0.341 e. The van der Waals surface area contributed by atoms with E-state index in [4.69, 9.17) is 12.2 Å². The molecular formula is C20H19N3O2S. The molecule has 1 saturated heterocycles. The highest BCUT2D eigenvalue weighted by molar-refractivity contribution is 7.80. The lowest BCUT2D eigenvalue weighted by Crippen LogP contribution is -2.45. The van der Waals surface area contributed by atoms with Gasteiger partial charge in [-0.3, -0.25) is 14.5 Å². The van der Waals surface area contributed by atoms with E-state index in [0.29, 0.717) is 11.7 Å². The van der Waals surface area contributed by atoms with Crippen LogP contribution >= 0.6 is 12.2 Å². The van der Waals surface area contributed by atoms with Gasteiger partial charge in [0, 0.05) is 26.2 Å². The number of nitrogens with zero attached hydrogens (tertiary/aromatic N) is 2. The topological polar surface area (TPSA) is 52.7 Å². The standard InChI is InChI=1S/C20H19N3O2S/c1-13(24)23-11-10-14-12-16(8-9-17(14)23)20(15-6-4-3-5-7-15)18(25)22(2)19(26)21-20/h3-9,12H,10-11H2,1-2H3,(H,21,26). The molecule has 1 fully saturated rings. The van der Waals surface area contributed by atoms with Gasteiger partial charge in [-0.1, -0.05) is 42.5 Å². The van der Waals surface area contributed by atoms with Crippen LogP contribution in [0.25, 0.3) is 0 Å². The Labute approximate surface area is 157 Å². The number of benzene rings is 2. The molecular weight excluding hydrogens is 346 g/mol. The lowest BCUT2D eigenvalue weighted by Gasteiger charge is -2.29. The number of thiocarbonyl (C=S) groups is 1. The van der Waals surface area contributed by atoms with Gasteiger partial charge in [-0.05, 0) is 41.4 Å². The van der Waals surface area contributed by atoms with E-state index in [1.54, 1.807) is 18.9 Å². The first kappa shape index (κ1) is 16.7. The molecule has 2 aliphatic rings. The Kier molecular flexibility index (Phi) is 3.80. The zero-order valence-electron chi connectivity index (χ0n) is 14.7. The minimum atomic E-state index is -1.04. The monoisotopic (exact) mass is 365 g/mol. The molecule has 0 spiro atoms. The van der Waals surface area contributed by atoms with Gasteiger partial charge in [-0.25, -0.2) is 0 Å². The van der Waals surface area contributed by atoms with E-state index in [2.05, 4.69) is 5.32 Å². The van der Waals surface area contributed by atoms with Gasteiger partial charge in [0.2, 0.25) is 5.91 Å². The zero-order chi connectivity index (χ0) is 18.5. The van der Waals surface area contributed by atoms with Crippen LogP contribution in [0.15, 0.2) is 48.5 Å². The molecule has 2 aromatic rings. The van der Waals surface area contributed by atoms with Gasteiger partial charge in [0.1, 0.15) is 0 Å². The molecule has 0 bridgehead atoms. The van der Waals surface area contributed by atoms with Crippen LogP contribution in [0.5, 0.6) is 0 Å². The van der Waals surface area contributed by atoms with E-state index in [1.165, 1.54) is 4.90 Å². The molecule has 2 heterocycles. The van der Waals surface area contributed by atoms with Crippen LogP contribution in [0.2, 0.25) is 0 Å². The number of fused-ring (bicyclic) bond motifs is 1. The fourth-order valence-electron chi connectivity index (χ4n) is 3.85. The van der Waals surface area contributed by atoms with Gasteiger partial charge in [0.15, 0.2) is 10.7 Å². The molecule has 4 rings (SSSR count). The second-order valence-corrected chi connectivity index (χ2v) is 7.06. The first-order chi connectivity index (χ1) is 12.4. The number of hydrogen-bond donors (Lipinski definition) is 1. The number of carbonyl (C=O) groups excluding carboxylic acids is 2. The highest BCUT2D eigenvalue weighted by atomic mass is 32.1. The summed E-state index contributed by atoms with van der Waals surface area (Å²) in [5.74, 6) is -0.0691. The van der Waals surface area contributed by atoms with Gasteiger partial charge in [-0.2, -0.15) is 0 Å². The SMILES string of the molecule is CC(=O)N1CCc2cc(C3(c4ccccc4)NC(=S)N(C)C3=O)ccc21. The molecule has 0 radical (unpaired) electrons. The molecule has 0 aliphatic carbocycles. The summed E-state index contributed by atoms with van der Waals surface area (Å²) in [6.45, 7) is 2.25. The van der Waals surface area contributed by atoms with Crippen LogP contribution in [0, 0.1) is 0 Å². The third-order valence-electron chi connectivity index (χ3n) is 5.22. The number of likely N-dealkylation sites (N-methyl/N-ethyl adjacent to an activating group) is 1. The van der Waals surface area contributed by atoms with Crippen molar-refractivity contribution >= 4 is 34.8 Å². The summed E-state index contributed by atoms with van der Waals surface area (Å²) >= 11 is 5.36. The Bertz CT molecular complexity index is 928. The highest BCUT2D eigenvalue weighted by Crippen LogP contribution is 2.39. The predicted octanol–water partition coefficient (Wildman–Crippen LogP) is 2.19. The van der Waals surface area contributed by atoms with Crippen molar-refractivity contribution in [2.45, 2.75) is 18.9 Å². The van der Waals surface area contributed by atoms with Crippen LogP contribution in [-0.2, 0) is 21.5 Å². The fraction of sp³-hybridized carbons (Fsp3) is 0.250. The van der Waals surface area contributed by atoms with Crippen LogP contribution in [0.1, 0.15) is 23.6 Å². The van der Waals surface area contributed by atoms with Crippen LogP contribution in [0.4, 0.5) is 5.69 Å². The summed E-state index contributed by atoms with van der Waals surface area (Å²) in [4.78, 5) is 28.3. The Morgan fingerprint density at radius 2 is 1.88 bits per heavy atom. The van der Waals surface area contributed by atoms with E-state index < -0.39 is 5.54 Å². The lowest BCUT2D eigenvalue weighted by molar-refractivity contribution is -0.129. The summed E-state index contributed by atoms with van der Waals surface area (Å²) in [7, 11) is 1.69. The van der Waals surface area contributed by atoms with E-state index in [9.17, 15) is 9.59 Å². The summed E-state index contributed by atoms with van der Waals surface area (Å²) < 4.78 is 0. The number of carbonyl (C=O) groups is 2. The maximum Gasteiger partial charge on any atom is 0.263 e. The molecule has 0 saturated carbocycles. The summed E-state index contributed by atoms with van der Waals surface area (Å²) in [6, 6.07) is 15.5. The summed E-state index contributed by atoms with van der Waals surface area (Å²) in [5, 5.41) is 3.66. The maximum absolute atomic E-state index is 13.2. The van der Waals surface area contributed by atoms with Crippen molar-refractivity contribution in [3.63, 3.8) is 0 Å². The van der Waals surface area contributed by atoms with Crippen molar-refractivity contribution in [3.8, 4) is 0 Å². The van der Waals surface area contributed by atoms with Crippen LogP contribution in [-0.4, -0.2) is 35.4 Å². The van der Waals surface area contributed by atoms with Crippen LogP contribution in [0.3, 0.4) is 0 Å². The second-order valence-electron chi connectivity index (χ2n) is 6.67. The van der Waals surface area contributed by atoms with Crippen molar-refractivity contribution in [1.82, 2.24) is 10.2 Å². The Morgan fingerprint density at radius 1 is 1.15 bits per heavy atom. The maximum atomic E-state index is 13.2. The molecule has 2 aliphatic heterocycles.